The second-order valence-electron chi connectivity index (χ2n) is 5.22. The Hall–Kier alpha value is -1.88. The van der Waals surface area contributed by atoms with Gasteiger partial charge in [0.1, 0.15) is 0 Å². The molecule has 1 aromatic rings. The Balaban J connectivity index is 2.80. The van der Waals surface area contributed by atoms with Gasteiger partial charge in [-0.2, -0.15) is 0 Å². The SMILES string of the molecule is CC(=O)Nc1cccc(C(C)NC(=O)C(C)(C)N)c1. The van der Waals surface area contributed by atoms with Crippen LogP contribution in [0.3, 0.4) is 0 Å². The van der Waals surface area contributed by atoms with Crippen LogP contribution in [0.1, 0.15) is 39.3 Å². The van der Waals surface area contributed by atoms with Crippen molar-refractivity contribution in [2.24, 2.45) is 5.73 Å². The minimum atomic E-state index is -0.913. The monoisotopic (exact) mass is 263 g/mol. The van der Waals surface area contributed by atoms with Crippen LogP contribution < -0.4 is 16.4 Å². The first-order valence-corrected chi connectivity index (χ1v) is 6.17. The van der Waals surface area contributed by atoms with E-state index < -0.39 is 5.54 Å². The van der Waals surface area contributed by atoms with Gasteiger partial charge in [-0.3, -0.25) is 9.59 Å². The van der Waals surface area contributed by atoms with Crippen LogP contribution in [0.5, 0.6) is 0 Å². The van der Waals surface area contributed by atoms with Gasteiger partial charge in [0.15, 0.2) is 0 Å². The Bertz CT molecular complexity index is 478. The van der Waals surface area contributed by atoms with Crippen molar-refractivity contribution in [2.45, 2.75) is 39.3 Å². The highest BCUT2D eigenvalue weighted by Gasteiger charge is 2.23. The van der Waals surface area contributed by atoms with E-state index in [1.165, 1.54) is 6.92 Å². The predicted octanol–water partition coefficient (Wildman–Crippen LogP) is 1.56. The number of anilines is 1. The average molecular weight is 263 g/mol. The largest absolute Gasteiger partial charge is 0.348 e. The molecule has 0 spiro atoms. The maximum atomic E-state index is 11.8. The van der Waals surface area contributed by atoms with Gasteiger partial charge in [-0.1, -0.05) is 12.1 Å². The second-order valence-corrected chi connectivity index (χ2v) is 5.22. The molecule has 19 heavy (non-hydrogen) atoms. The van der Waals surface area contributed by atoms with Gasteiger partial charge >= 0.3 is 0 Å². The van der Waals surface area contributed by atoms with Gasteiger partial charge in [0, 0.05) is 12.6 Å². The van der Waals surface area contributed by atoms with Crippen molar-refractivity contribution in [3.8, 4) is 0 Å². The van der Waals surface area contributed by atoms with E-state index in [2.05, 4.69) is 10.6 Å². The first-order chi connectivity index (χ1) is 8.70. The van der Waals surface area contributed by atoms with E-state index in [0.29, 0.717) is 5.69 Å². The molecule has 0 aliphatic carbocycles. The summed E-state index contributed by atoms with van der Waals surface area (Å²) in [7, 11) is 0. The summed E-state index contributed by atoms with van der Waals surface area (Å²) in [6, 6.07) is 7.17. The number of hydrogen-bond acceptors (Lipinski definition) is 3. The highest BCUT2D eigenvalue weighted by atomic mass is 16.2. The molecule has 0 aromatic heterocycles. The van der Waals surface area contributed by atoms with Crippen LogP contribution in [-0.4, -0.2) is 17.4 Å². The van der Waals surface area contributed by atoms with Crippen LogP contribution in [0, 0.1) is 0 Å². The van der Waals surface area contributed by atoms with Crippen LogP contribution in [0.2, 0.25) is 0 Å². The topological polar surface area (TPSA) is 84.2 Å². The molecule has 0 saturated carbocycles. The lowest BCUT2D eigenvalue weighted by Gasteiger charge is -2.22. The second kappa shape index (κ2) is 5.84. The molecule has 1 unspecified atom stereocenters. The standard InChI is InChI=1S/C14H21N3O2/c1-9(16-13(19)14(3,4)15)11-6-5-7-12(8-11)17-10(2)18/h5-9H,15H2,1-4H3,(H,16,19)(H,17,18). The van der Waals surface area contributed by atoms with Crippen LogP contribution in [0.25, 0.3) is 0 Å². The third-order valence-corrected chi connectivity index (χ3v) is 2.64. The first kappa shape index (κ1) is 15.2. The maximum absolute atomic E-state index is 11.8. The Kier molecular flexibility index (Phi) is 4.67. The fourth-order valence-corrected chi connectivity index (χ4v) is 1.56. The van der Waals surface area contributed by atoms with Gasteiger partial charge in [-0.15, -0.1) is 0 Å². The number of nitrogens with one attached hydrogen (secondary N) is 2. The quantitative estimate of drug-likeness (QED) is 0.770. The Morgan fingerprint density at radius 2 is 1.95 bits per heavy atom. The van der Waals surface area contributed by atoms with E-state index in [4.69, 9.17) is 5.73 Å². The maximum Gasteiger partial charge on any atom is 0.239 e. The molecular weight excluding hydrogens is 242 g/mol. The summed E-state index contributed by atoms with van der Waals surface area (Å²) in [5, 5.41) is 5.55. The van der Waals surface area contributed by atoms with Crippen molar-refractivity contribution in [1.82, 2.24) is 5.32 Å². The number of carbonyl (C=O) groups is 2. The number of rotatable bonds is 4. The fourth-order valence-electron chi connectivity index (χ4n) is 1.56. The summed E-state index contributed by atoms with van der Waals surface area (Å²) < 4.78 is 0. The zero-order chi connectivity index (χ0) is 14.6. The van der Waals surface area contributed by atoms with Crippen molar-refractivity contribution in [2.75, 3.05) is 5.32 Å². The fraction of sp³-hybridized carbons (Fsp3) is 0.429. The predicted molar refractivity (Wildman–Crippen MR) is 75.6 cm³/mol. The molecule has 5 nitrogen and oxygen atoms in total. The molecule has 0 bridgehead atoms. The van der Waals surface area contributed by atoms with E-state index in [-0.39, 0.29) is 17.9 Å². The summed E-state index contributed by atoms with van der Waals surface area (Å²) in [6.45, 7) is 6.64. The van der Waals surface area contributed by atoms with Crippen LogP contribution in [0.4, 0.5) is 5.69 Å². The average Bonchev–Trinajstić information content (AvgIpc) is 2.27. The Labute approximate surface area is 113 Å². The highest BCUT2D eigenvalue weighted by Crippen LogP contribution is 2.18. The van der Waals surface area contributed by atoms with E-state index in [0.717, 1.165) is 5.56 Å². The third-order valence-electron chi connectivity index (χ3n) is 2.64. The zero-order valence-corrected chi connectivity index (χ0v) is 11.8. The van der Waals surface area contributed by atoms with Crippen molar-refractivity contribution in [3.05, 3.63) is 29.8 Å². The lowest BCUT2D eigenvalue weighted by molar-refractivity contribution is -0.125. The van der Waals surface area contributed by atoms with E-state index in [9.17, 15) is 9.59 Å². The lowest BCUT2D eigenvalue weighted by atomic mass is 10.0. The molecule has 0 saturated heterocycles. The zero-order valence-electron chi connectivity index (χ0n) is 11.8. The molecule has 0 heterocycles. The van der Waals surface area contributed by atoms with E-state index in [1.807, 2.05) is 25.1 Å². The number of hydrogen-bond donors (Lipinski definition) is 3. The van der Waals surface area contributed by atoms with E-state index >= 15 is 0 Å². The van der Waals surface area contributed by atoms with Gasteiger partial charge in [0.2, 0.25) is 11.8 Å². The van der Waals surface area contributed by atoms with Crippen molar-refractivity contribution >= 4 is 17.5 Å². The minimum absolute atomic E-state index is 0.128. The summed E-state index contributed by atoms with van der Waals surface area (Å²) in [6.07, 6.45) is 0. The summed E-state index contributed by atoms with van der Waals surface area (Å²) in [5.74, 6) is -0.345. The number of amides is 2. The molecule has 1 rings (SSSR count). The molecule has 0 aliphatic heterocycles. The number of nitrogens with two attached hydrogens (primary N) is 1. The molecule has 104 valence electrons. The van der Waals surface area contributed by atoms with Gasteiger partial charge in [0.05, 0.1) is 11.6 Å². The number of carbonyl (C=O) groups excluding carboxylic acids is 2. The van der Waals surface area contributed by atoms with Gasteiger partial charge < -0.3 is 16.4 Å². The smallest absolute Gasteiger partial charge is 0.239 e. The molecule has 0 radical (unpaired) electrons. The van der Waals surface area contributed by atoms with Gasteiger partial charge in [-0.25, -0.2) is 0 Å². The normalized spacial score (nSPS) is 12.7. The van der Waals surface area contributed by atoms with Crippen molar-refractivity contribution in [1.29, 1.82) is 0 Å². The summed E-state index contributed by atoms with van der Waals surface area (Å²) >= 11 is 0. The highest BCUT2D eigenvalue weighted by molar-refractivity contribution is 5.88. The van der Waals surface area contributed by atoms with Crippen LogP contribution >= 0.6 is 0 Å². The van der Waals surface area contributed by atoms with Crippen LogP contribution in [0.15, 0.2) is 24.3 Å². The van der Waals surface area contributed by atoms with Crippen molar-refractivity contribution < 1.29 is 9.59 Å². The Morgan fingerprint density at radius 3 is 2.47 bits per heavy atom. The minimum Gasteiger partial charge on any atom is -0.348 e. The molecule has 5 heteroatoms. The Morgan fingerprint density at radius 1 is 1.32 bits per heavy atom. The first-order valence-electron chi connectivity index (χ1n) is 6.17. The molecule has 1 aromatic carbocycles. The molecule has 0 fully saturated rings. The molecule has 0 aliphatic rings. The summed E-state index contributed by atoms with van der Waals surface area (Å²) in [5.41, 5.74) is 6.43. The van der Waals surface area contributed by atoms with Gasteiger partial charge in [0.25, 0.3) is 0 Å². The number of benzene rings is 1. The molecule has 2 amide bonds. The molecule has 4 N–H and O–H groups in total. The summed E-state index contributed by atoms with van der Waals surface area (Å²) in [4.78, 5) is 22.8. The lowest BCUT2D eigenvalue weighted by Crippen LogP contribution is -2.49. The van der Waals surface area contributed by atoms with Crippen LogP contribution in [-0.2, 0) is 9.59 Å². The van der Waals surface area contributed by atoms with E-state index in [1.54, 1.807) is 19.9 Å². The van der Waals surface area contributed by atoms with Gasteiger partial charge in [-0.05, 0) is 38.5 Å². The molecular formula is C14H21N3O2. The molecule has 1 atom stereocenters. The third kappa shape index (κ3) is 4.71. The van der Waals surface area contributed by atoms with Crippen molar-refractivity contribution in [3.63, 3.8) is 0 Å².